The van der Waals surface area contributed by atoms with Crippen LogP contribution in [0.5, 0.6) is 5.75 Å². The molecule has 1 atom stereocenters. The summed E-state index contributed by atoms with van der Waals surface area (Å²) in [5, 5.41) is 16.9. The van der Waals surface area contributed by atoms with E-state index in [1.165, 1.54) is 6.21 Å². The molecular formula is C16H16ClN3O2. The van der Waals surface area contributed by atoms with Gasteiger partial charge in [0.05, 0.1) is 6.21 Å². The van der Waals surface area contributed by atoms with Crippen LogP contribution in [0.15, 0.2) is 53.6 Å². The van der Waals surface area contributed by atoms with Crippen LogP contribution in [-0.4, -0.2) is 23.3 Å². The fourth-order valence-corrected chi connectivity index (χ4v) is 1.86. The molecule has 0 saturated carbocycles. The molecule has 0 aliphatic heterocycles. The first-order valence-electron chi connectivity index (χ1n) is 6.68. The number of nitrogens with one attached hydrogen (secondary N) is 2. The van der Waals surface area contributed by atoms with Crippen molar-refractivity contribution in [1.29, 1.82) is 0 Å². The van der Waals surface area contributed by atoms with E-state index in [0.717, 1.165) is 5.69 Å². The maximum absolute atomic E-state index is 11.9. The summed E-state index contributed by atoms with van der Waals surface area (Å²) >= 11 is 5.80. The Morgan fingerprint density at radius 3 is 2.68 bits per heavy atom. The van der Waals surface area contributed by atoms with Crippen molar-refractivity contribution in [3.8, 4) is 5.75 Å². The molecule has 114 valence electrons. The molecule has 22 heavy (non-hydrogen) atoms. The second-order valence-corrected chi connectivity index (χ2v) is 5.14. The second kappa shape index (κ2) is 7.47. The van der Waals surface area contributed by atoms with Crippen molar-refractivity contribution in [3.05, 3.63) is 59.1 Å². The fourth-order valence-electron chi connectivity index (χ4n) is 1.73. The summed E-state index contributed by atoms with van der Waals surface area (Å²) in [6, 6.07) is 13.2. The van der Waals surface area contributed by atoms with E-state index in [1.54, 1.807) is 55.5 Å². The van der Waals surface area contributed by atoms with Gasteiger partial charge in [0.2, 0.25) is 0 Å². The van der Waals surface area contributed by atoms with Crippen LogP contribution < -0.4 is 10.7 Å². The molecule has 2 aromatic rings. The number of hydrazone groups is 1. The van der Waals surface area contributed by atoms with Crippen molar-refractivity contribution in [2.75, 3.05) is 5.32 Å². The molecule has 0 aliphatic carbocycles. The molecule has 0 fully saturated rings. The van der Waals surface area contributed by atoms with Crippen molar-refractivity contribution in [1.82, 2.24) is 5.43 Å². The highest BCUT2D eigenvalue weighted by Crippen LogP contribution is 2.14. The number of halogens is 1. The molecule has 0 aliphatic rings. The molecule has 2 rings (SSSR count). The van der Waals surface area contributed by atoms with Gasteiger partial charge in [-0.2, -0.15) is 5.10 Å². The van der Waals surface area contributed by atoms with Gasteiger partial charge < -0.3 is 10.4 Å². The number of aromatic hydroxyl groups is 1. The Bertz CT molecular complexity index is 671. The van der Waals surface area contributed by atoms with Crippen LogP contribution in [0.2, 0.25) is 5.02 Å². The number of anilines is 1. The van der Waals surface area contributed by atoms with Crippen LogP contribution >= 0.6 is 11.6 Å². The molecule has 2 aromatic carbocycles. The van der Waals surface area contributed by atoms with Crippen molar-refractivity contribution >= 4 is 29.4 Å². The summed E-state index contributed by atoms with van der Waals surface area (Å²) in [5.74, 6) is -0.126. The van der Waals surface area contributed by atoms with Gasteiger partial charge in [-0.3, -0.25) is 4.79 Å². The summed E-state index contributed by atoms with van der Waals surface area (Å²) in [7, 11) is 0. The zero-order valence-electron chi connectivity index (χ0n) is 12.0. The molecule has 1 unspecified atom stereocenters. The first-order valence-corrected chi connectivity index (χ1v) is 7.06. The quantitative estimate of drug-likeness (QED) is 0.586. The number of rotatable bonds is 5. The molecule has 0 bridgehead atoms. The topological polar surface area (TPSA) is 73.7 Å². The highest BCUT2D eigenvalue weighted by Gasteiger charge is 2.11. The number of hydrogen-bond donors (Lipinski definition) is 3. The van der Waals surface area contributed by atoms with Crippen molar-refractivity contribution in [2.24, 2.45) is 5.10 Å². The van der Waals surface area contributed by atoms with Gasteiger partial charge in [-0.15, -0.1) is 0 Å². The number of amides is 1. The summed E-state index contributed by atoms with van der Waals surface area (Å²) in [6.45, 7) is 1.73. The van der Waals surface area contributed by atoms with E-state index >= 15 is 0 Å². The van der Waals surface area contributed by atoms with Crippen LogP contribution in [0.25, 0.3) is 0 Å². The third-order valence-electron chi connectivity index (χ3n) is 2.88. The van der Waals surface area contributed by atoms with Gasteiger partial charge in [-0.25, -0.2) is 5.43 Å². The predicted octanol–water partition coefficient (Wildman–Crippen LogP) is 3.00. The molecule has 6 heteroatoms. The Labute approximate surface area is 133 Å². The molecule has 3 N–H and O–H groups in total. The average molecular weight is 318 g/mol. The van der Waals surface area contributed by atoms with Gasteiger partial charge in [0, 0.05) is 10.7 Å². The van der Waals surface area contributed by atoms with Crippen LogP contribution in [0, 0.1) is 0 Å². The molecule has 0 radical (unpaired) electrons. The Kier molecular flexibility index (Phi) is 5.38. The lowest BCUT2D eigenvalue weighted by Gasteiger charge is -2.13. The monoisotopic (exact) mass is 317 g/mol. The van der Waals surface area contributed by atoms with Crippen LogP contribution in [-0.2, 0) is 4.79 Å². The summed E-state index contributed by atoms with van der Waals surface area (Å²) < 4.78 is 0. The molecule has 0 spiro atoms. The fraction of sp³-hybridized carbons (Fsp3) is 0.125. The van der Waals surface area contributed by atoms with Crippen LogP contribution in [0.3, 0.4) is 0 Å². The van der Waals surface area contributed by atoms with Gasteiger partial charge in [-0.1, -0.05) is 23.7 Å². The second-order valence-electron chi connectivity index (χ2n) is 4.70. The first-order chi connectivity index (χ1) is 10.5. The predicted molar refractivity (Wildman–Crippen MR) is 88.4 cm³/mol. The van der Waals surface area contributed by atoms with E-state index < -0.39 is 6.04 Å². The van der Waals surface area contributed by atoms with E-state index in [-0.39, 0.29) is 11.7 Å². The van der Waals surface area contributed by atoms with Crippen LogP contribution in [0.1, 0.15) is 12.5 Å². The van der Waals surface area contributed by atoms with E-state index in [9.17, 15) is 9.90 Å². The standard InChI is InChI=1S/C16H16ClN3O2/c1-11(19-14-7-5-13(17)6-8-14)16(22)20-18-10-12-3-2-4-15(21)9-12/h2-11,19,21H,1H3,(H,20,22)/b18-10+. The lowest BCUT2D eigenvalue weighted by atomic mass is 10.2. The van der Waals surface area contributed by atoms with Gasteiger partial charge >= 0.3 is 0 Å². The third-order valence-corrected chi connectivity index (χ3v) is 3.13. The molecule has 0 heterocycles. The molecule has 1 amide bonds. The highest BCUT2D eigenvalue weighted by molar-refractivity contribution is 6.30. The minimum absolute atomic E-state index is 0.146. The maximum atomic E-state index is 11.9. The minimum atomic E-state index is -0.456. The molecule has 0 aromatic heterocycles. The lowest BCUT2D eigenvalue weighted by molar-refractivity contribution is -0.121. The van der Waals surface area contributed by atoms with Gasteiger partial charge in [0.25, 0.3) is 5.91 Å². The molecular weight excluding hydrogens is 302 g/mol. The summed E-state index contributed by atoms with van der Waals surface area (Å²) in [4.78, 5) is 11.9. The Hall–Kier alpha value is -2.53. The third kappa shape index (κ3) is 4.79. The Balaban J connectivity index is 1.87. The lowest BCUT2D eigenvalue weighted by Crippen LogP contribution is -2.34. The van der Waals surface area contributed by atoms with Crippen molar-refractivity contribution in [2.45, 2.75) is 13.0 Å². The number of nitrogens with zero attached hydrogens (tertiary/aromatic N) is 1. The van der Waals surface area contributed by atoms with Crippen molar-refractivity contribution < 1.29 is 9.90 Å². The van der Waals surface area contributed by atoms with Gasteiger partial charge in [0.1, 0.15) is 11.8 Å². The first kappa shape index (κ1) is 15.9. The number of benzene rings is 2. The zero-order valence-corrected chi connectivity index (χ0v) is 12.7. The molecule has 0 saturated heterocycles. The largest absolute Gasteiger partial charge is 0.508 e. The summed E-state index contributed by atoms with van der Waals surface area (Å²) in [6.07, 6.45) is 1.46. The summed E-state index contributed by atoms with van der Waals surface area (Å²) in [5.41, 5.74) is 3.93. The number of phenolic OH excluding ortho intramolecular Hbond substituents is 1. The van der Waals surface area contributed by atoms with E-state index in [1.807, 2.05) is 0 Å². The SMILES string of the molecule is CC(Nc1ccc(Cl)cc1)C(=O)N/N=C/c1cccc(O)c1. The highest BCUT2D eigenvalue weighted by atomic mass is 35.5. The van der Waals surface area contributed by atoms with Crippen LogP contribution in [0.4, 0.5) is 5.69 Å². The van der Waals surface area contributed by atoms with E-state index in [0.29, 0.717) is 10.6 Å². The number of carbonyl (C=O) groups is 1. The smallest absolute Gasteiger partial charge is 0.262 e. The minimum Gasteiger partial charge on any atom is -0.508 e. The zero-order chi connectivity index (χ0) is 15.9. The number of phenols is 1. The molecule has 5 nitrogen and oxygen atoms in total. The Morgan fingerprint density at radius 2 is 2.00 bits per heavy atom. The van der Waals surface area contributed by atoms with Crippen molar-refractivity contribution in [3.63, 3.8) is 0 Å². The maximum Gasteiger partial charge on any atom is 0.262 e. The normalized spacial score (nSPS) is 12.1. The van der Waals surface area contributed by atoms with Gasteiger partial charge in [0.15, 0.2) is 0 Å². The Morgan fingerprint density at radius 1 is 1.27 bits per heavy atom. The van der Waals surface area contributed by atoms with E-state index in [4.69, 9.17) is 11.6 Å². The number of carbonyl (C=O) groups excluding carboxylic acids is 1. The van der Waals surface area contributed by atoms with Gasteiger partial charge in [-0.05, 0) is 48.9 Å². The number of hydrogen-bond acceptors (Lipinski definition) is 4. The van der Waals surface area contributed by atoms with E-state index in [2.05, 4.69) is 15.8 Å². The average Bonchev–Trinajstić information content (AvgIpc) is 2.49.